The zero-order valence-corrected chi connectivity index (χ0v) is 14.3. The van der Waals surface area contributed by atoms with Gasteiger partial charge in [-0.1, -0.05) is 30.3 Å². The van der Waals surface area contributed by atoms with Crippen molar-refractivity contribution in [3.05, 3.63) is 52.0 Å². The molecule has 0 bridgehead atoms. The van der Waals surface area contributed by atoms with Crippen molar-refractivity contribution in [1.29, 1.82) is 0 Å². The summed E-state index contributed by atoms with van der Waals surface area (Å²) < 4.78 is 0. The van der Waals surface area contributed by atoms with E-state index in [1.54, 1.807) is 11.3 Å². The van der Waals surface area contributed by atoms with Gasteiger partial charge in [-0.3, -0.25) is 0 Å². The zero-order valence-electron chi connectivity index (χ0n) is 13.5. The van der Waals surface area contributed by atoms with Crippen molar-refractivity contribution in [2.24, 2.45) is 0 Å². The molecular formula is C17H22N4OS. The van der Waals surface area contributed by atoms with Crippen molar-refractivity contribution >= 4 is 17.4 Å². The van der Waals surface area contributed by atoms with Crippen LogP contribution >= 0.6 is 11.3 Å². The summed E-state index contributed by atoms with van der Waals surface area (Å²) in [7, 11) is 2.10. The Labute approximate surface area is 140 Å². The van der Waals surface area contributed by atoms with E-state index in [1.807, 2.05) is 35.4 Å². The van der Waals surface area contributed by atoms with Crippen LogP contribution in [0.2, 0.25) is 0 Å². The Morgan fingerprint density at radius 3 is 2.83 bits per heavy atom. The minimum atomic E-state index is -0.0141. The van der Waals surface area contributed by atoms with Gasteiger partial charge in [0.1, 0.15) is 5.01 Å². The molecule has 2 aromatic rings. The standard InChI is InChI=1S/C17H22N4OS/c1-13-12-23-16(19-13)10-18-17(22)21-9-8-20(2)11-15(21)14-6-4-3-5-7-14/h3-7,12,15H,8-11H2,1-2H3,(H,18,22)/t15-/m0/s1. The minimum absolute atomic E-state index is 0.0141. The van der Waals surface area contributed by atoms with Crippen molar-refractivity contribution in [2.45, 2.75) is 19.5 Å². The second-order valence-corrected chi connectivity index (χ2v) is 6.87. The topological polar surface area (TPSA) is 48.5 Å². The summed E-state index contributed by atoms with van der Waals surface area (Å²) in [6.45, 7) is 4.94. The van der Waals surface area contributed by atoms with Crippen molar-refractivity contribution in [3.63, 3.8) is 0 Å². The van der Waals surface area contributed by atoms with Gasteiger partial charge in [-0.15, -0.1) is 11.3 Å². The van der Waals surface area contributed by atoms with Crippen LogP contribution in [0.5, 0.6) is 0 Å². The lowest BCUT2D eigenvalue weighted by molar-refractivity contribution is 0.108. The molecule has 1 fully saturated rings. The molecule has 5 nitrogen and oxygen atoms in total. The Hall–Kier alpha value is -1.92. The molecule has 1 atom stereocenters. The highest BCUT2D eigenvalue weighted by atomic mass is 32.1. The number of benzene rings is 1. The summed E-state index contributed by atoms with van der Waals surface area (Å²) in [6, 6.07) is 10.3. The molecule has 0 saturated carbocycles. The van der Waals surface area contributed by atoms with Crippen LogP contribution in [0.25, 0.3) is 0 Å². The Balaban J connectivity index is 1.69. The second-order valence-electron chi connectivity index (χ2n) is 5.92. The Bertz CT molecular complexity index is 658. The first-order chi connectivity index (χ1) is 11.1. The van der Waals surface area contributed by atoms with Crippen LogP contribution < -0.4 is 5.32 Å². The smallest absolute Gasteiger partial charge is 0.318 e. The maximum Gasteiger partial charge on any atom is 0.318 e. The number of carbonyl (C=O) groups is 1. The van der Waals surface area contributed by atoms with E-state index in [0.717, 1.165) is 30.3 Å². The maximum absolute atomic E-state index is 12.6. The molecule has 2 heterocycles. The van der Waals surface area contributed by atoms with Gasteiger partial charge in [0, 0.05) is 30.7 Å². The van der Waals surface area contributed by atoms with Crippen molar-refractivity contribution < 1.29 is 4.79 Å². The van der Waals surface area contributed by atoms with Crippen LogP contribution in [-0.2, 0) is 6.54 Å². The van der Waals surface area contributed by atoms with Crippen LogP contribution in [0.1, 0.15) is 22.3 Å². The largest absolute Gasteiger partial charge is 0.331 e. The molecule has 0 spiro atoms. The number of aromatic nitrogens is 1. The van der Waals surface area contributed by atoms with E-state index in [1.165, 1.54) is 5.56 Å². The lowest BCUT2D eigenvalue weighted by Gasteiger charge is -2.40. The fraction of sp³-hybridized carbons (Fsp3) is 0.412. The summed E-state index contributed by atoms with van der Waals surface area (Å²) >= 11 is 1.58. The number of aryl methyl sites for hydroxylation is 1. The summed E-state index contributed by atoms with van der Waals surface area (Å²) in [5.74, 6) is 0. The van der Waals surface area contributed by atoms with Crippen LogP contribution in [0.3, 0.4) is 0 Å². The average molecular weight is 330 g/mol. The van der Waals surface area contributed by atoms with E-state index in [4.69, 9.17) is 0 Å². The second kappa shape index (κ2) is 7.10. The van der Waals surface area contributed by atoms with Crippen LogP contribution in [0.4, 0.5) is 4.79 Å². The number of amides is 2. The van der Waals surface area contributed by atoms with Gasteiger partial charge < -0.3 is 15.1 Å². The first kappa shape index (κ1) is 16.0. The van der Waals surface area contributed by atoms with Gasteiger partial charge in [0.2, 0.25) is 0 Å². The number of rotatable bonds is 3. The molecule has 3 rings (SSSR count). The van der Waals surface area contributed by atoms with Gasteiger partial charge >= 0.3 is 6.03 Å². The van der Waals surface area contributed by atoms with Gasteiger partial charge in [0.25, 0.3) is 0 Å². The lowest BCUT2D eigenvalue weighted by atomic mass is 10.0. The first-order valence-electron chi connectivity index (χ1n) is 7.82. The van der Waals surface area contributed by atoms with Gasteiger partial charge in [-0.25, -0.2) is 9.78 Å². The number of nitrogens with one attached hydrogen (secondary N) is 1. The molecule has 23 heavy (non-hydrogen) atoms. The van der Waals surface area contributed by atoms with Crippen LogP contribution in [0, 0.1) is 6.92 Å². The number of hydrogen-bond donors (Lipinski definition) is 1. The van der Waals surface area contributed by atoms with Crippen molar-refractivity contribution in [2.75, 3.05) is 26.7 Å². The van der Waals surface area contributed by atoms with E-state index in [2.05, 4.69) is 34.4 Å². The molecule has 122 valence electrons. The first-order valence-corrected chi connectivity index (χ1v) is 8.70. The summed E-state index contributed by atoms with van der Waals surface area (Å²) in [4.78, 5) is 21.2. The monoisotopic (exact) mass is 330 g/mol. The number of carbonyl (C=O) groups excluding carboxylic acids is 1. The highest BCUT2D eigenvalue weighted by molar-refractivity contribution is 7.09. The Morgan fingerprint density at radius 2 is 2.13 bits per heavy atom. The van der Waals surface area contributed by atoms with Crippen molar-refractivity contribution in [1.82, 2.24) is 20.1 Å². The molecular weight excluding hydrogens is 308 g/mol. The number of likely N-dealkylation sites (N-methyl/N-ethyl adjacent to an activating group) is 1. The van der Waals surface area contributed by atoms with E-state index in [0.29, 0.717) is 6.54 Å². The highest BCUT2D eigenvalue weighted by Gasteiger charge is 2.30. The SMILES string of the molecule is Cc1csc(CNC(=O)N2CCN(C)C[C@H]2c2ccccc2)n1. The molecule has 1 aromatic carbocycles. The number of nitrogens with zero attached hydrogens (tertiary/aromatic N) is 3. The highest BCUT2D eigenvalue weighted by Crippen LogP contribution is 2.24. The quantitative estimate of drug-likeness (QED) is 0.941. The van der Waals surface area contributed by atoms with Gasteiger partial charge in [0.15, 0.2) is 0 Å². The average Bonchev–Trinajstić information content (AvgIpc) is 2.99. The molecule has 0 unspecified atom stereocenters. The fourth-order valence-electron chi connectivity index (χ4n) is 2.86. The van der Waals surface area contributed by atoms with Crippen LogP contribution in [-0.4, -0.2) is 47.5 Å². The third-order valence-corrected chi connectivity index (χ3v) is 5.05. The predicted molar refractivity (Wildman–Crippen MR) is 92.5 cm³/mol. The maximum atomic E-state index is 12.6. The minimum Gasteiger partial charge on any atom is -0.331 e. The molecule has 0 aliphatic carbocycles. The van der Waals surface area contributed by atoms with Gasteiger partial charge in [0.05, 0.1) is 12.6 Å². The number of urea groups is 1. The molecule has 1 saturated heterocycles. The molecule has 6 heteroatoms. The van der Waals surface area contributed by atoms with Gasteiger partial charge in [-0.05, 0) is 19.5 Å². The summed E-state index contributed by atoms with van der Waals surface area (Å²) in [6.07, 6.45) is 0. The Kier molecular flexibility index (Phi) is 4.93. The summed E-state index contributed by atoms with van der Waals surface area (Å²) in [5.41, 5.74) is 2.18. The van der Waals surface area contributed by atoms with E-state index in [-0.39, 0.29) is 12.1 Å². The molecule has 1 aliphatic rings. The molecule has 1 aromatic heterocycles. The van der Waals surface area contributed by atoms with Crippen molar-refractivity contribution in [3.8, 4) is 0 Å². The zero-order chi connectivity index (χ0) is 16.2. The third kappa shape index (κ3) is 3.89. The summed E-state index contributed by atoms with van der Waals surface area (Å²) in [5, 5.41) is 5.96. The third-order valence-electron chi connectivity index (χ3n) is 4.09. The normalized spacial score (nSPS) is 18.9. The van der Waals surface area contributed by atoms with E-state index >= 15 is 0 Å². The molecule has 0 radical (unpaired) electrons. The van der Waals surface area contributed by atoms with Crippen LogP contribution in [0.15, 0.2) is 35.7 Å². The molecule has 1 aliphatic heterocycles. The van der Waals surface area contributed by atoms with E-state index in [9.17, 15) is 4.79 Å². The predicted octanol–water partition coefficient (Wildman–Crippen LogP) is 2.65. The molecule has 1 N–H and O–H groups in total. The van der Waals surface area contributed by atoms with E-state index < -0.39 is 0 Å². The van der Waals surface area contributed by atoms with Gasteiger partial charge in [-0.2, -0.15) is 0 Å². The number of hydrogen-bond acceptors (Lipinski definition) is 4. The fourth-order valence-corrected chi connectivity index (χ4v) is 3.57. The number of piperazine rings is 1. The molecule has 2 amide bonds. The lowest BCUT2D eigenvalue weighted by Crippen LogP contribution is -2.52. The Morgan fingerprint density at radius 1 is 1.35 bits per heavy atom. The number of thiazole rings is 1.